The first kappa shape index (κ1) is 15.0. The summed E-state index contributed by atoms with van der Waals surface area (Å²) in [6, 6.07) is 10.1. The molecule has 20 heavy (non-hydrogen) atoms. The van der Waals surface area contributed by atoms with Crippen LogP contribution in [0.5, 0.6) is 11.5 Å². The molecule has 0 atom stereocenters. The Labute approximate surface area is 133 Å². The molecule has 2 aromatic rings. The van der Waals surface area contributed by atoms with Crippen molar-refractivity contribution in [2.75, 3.05) is 0 Å². The molecule has 0 fully saturated rings. The van der Waals surface area contributed by atoms with Gasteiger partial charge in [-0.2, -0.15) is 0 Å². The molecule has 0 heterocycles. The van der Waals surface area contributed by atoms with Gasteiger partial charge in [0.1, 0.15) is 11.5 Å². The maximum Gasteiger partial charge on any atom is 0.173 e. The van der Waals surface area contributed by atoms with Crippen LogP contribution in [0.4, 0.5) is 0 Å². The lowest BCUT2D eigenvalue weighted by Gasteiger charge is -2.12. The average Bonchev–Trinajstić information content (AvgIpc) is 2.44. The highest BCUT2D eigenvalue weighted by Gasteiger charge is 2.12. The number of hydrogen-bond donors (Lipinski definition) is 2. The van der Waals surface area contributed by atoms with Crippen LogP contribution in [0.1, 0.15) is 5.56 Å². The van der Waals surface area contributed by atoms with Gasteiger partial charge in [0.15, 0.2) is 5.84 Å². The third kappa shape index (κ3) is 3.17. The molecule has 0 saturated heterocycles. The number of oxime groups is 1. The number of para-hydroxylation sites is 1. The second-order valence-electron chi connectivity index (χ2n) is 3.78. The molecule has 0 unspecified atom stereocenters. The Morgan fingerprint density at radius 2 is 1.85 bits per heavy atom. The molecule has 3 N–H and O–H groups in total. The lowest BCUT2D eigenvalue weighted by molar-refractivity contribution is 0.318. The Bertz CT molecular complexity index is 677. The largest absolute Gasteiger partial charge is 0.455 e. The fourth-order valence-electron chi connectivity index (χ4n) is 1.52. The normalized spacial score (nSPS) is 11.4. The zero-order chi connectivity index (χ0) is 14.7. The zero-order valence-corrected chi connectivity index (χ0v) is 13.1. The summed E-state index contributed by atoms with van der Waals surface area (Å²) in [6.07, 6.45) is 0. The molecule has 0 radical (unpaired) electrons. The van der Waals surface area contributed by atoms with Crippen molar-refractivity contribution >= 4 is 45.0 Å². The maximum atomic E-state index is 8.77. The molecule has 0 aliphatic rings. The van der Waals surface area contributed by atoms with Crippen LogP contribution < -0.4 is 10.5 Å². The number of hydrogen-bond acceptors (Lipinski definition) is 3. The predicted octanol–water partition coefficient (Wildman–Crippen LogP) is 4.64. The Hall–Kier alpha value is -1.43. The Balaban J connectivity index is 2.43. The van der Waals surface area contributed by atoms with Crippen molar-refractivity contribution in [3.63, 3.8) is 0 Å². The van der Waals surface area contributed by atoms with Gasteiger partial charge in [0.25, 0.3) is 0 Å². The van der Waals surface area contributed by atoms with E-state index < -0.39 is 0 Å². The minimum atomic E-state index is -0.0556. The van der Waals surface area contributed by atoms with E-state index in [0.29, 0.717) is 31.6 Å². The van der Waals surface area contributed by atoms with Crippen molar-refractivity contribution in [1.29, 1.82) is 0 Å². The van der Waals surface area contributed by atoms with Gasteiger partial charge < -0.3 is 15.7 Å². The molecule has 4 nitrogen and oxygen atoms in total. The molecule has 7 heteroatoms. The molecule has 0 spiro atoms. The molecular weight excluding hydrogens is 367 g/mol. The number of ether oxygens (including phenoxy) is 1. The topological polar surface area (TPSA) is 67.8 Å². The van der Waals surface area contributed by atoms with Crippen molar-refractivity contribution < 1.29 is 9.94 Å². The van der Waals surface area contributed by atoms with E-state index in [1.807, 2.05) is 0 Å². The van der Waals surface area contributed by atoms with Gasteiger partial charge in [-0.15, -0.1) is 0 Å². The third-order valence-corrected chi connectivity index (χ3v) is 3.96. The summed E-state index contributed by atoms with van der Waals surface area (Å²) in [4.78, 5) is 0. The second kappa shape index (κ2) is 6.35. The fraction of sp³-hybridized carbons (Fsp3) is 0. The Morgan fingerprint density at radius 1 is 1.15 bits per heavy atom. The summed E-state index contributed by atoms with van der Waals surface area (Å²) in [5.74, 6) is 0.723. The number of nitrogens with zero attached hydrogens (tertiary/aromatic N) is 1. The first-order chi connectivity index (χ1) is 9.52. The first-order valence-corrected chi connectivity index (χ1v) is 6.97. The predicted molar refractivity (Wildman–Crippen MR) is 83.2 cm³/mol. The molecule has 0 aliphatic carbocycles. The summed E-state index contributed by atoms with van der Waals surface area (Å²) in [5, 5.41) is 12.6. The minimum absolute atomic E-state index is 0.0556. The Kier molecular flexibility index (Phi) is 4.75. The molecule has 2 rings (SSSR count). The highest BCUT2D eigenvalue weighted by molar-refractivity contribution is 9.10. The number of amidine groups is 1. The van der Waals surface area contributed by atoms with Crippen molar-refractivity contribution in [2.24, 2.45) is 10.9 Å². The number of halogens is 3. The molecule has 0 bridgehead atoms. The van der Waals surface area contributed by atoms with Gasteiger partial charge in [-0.25, -0.2) is 0 Å². The summed E-state index contributed by atoms with van der Waals surface area (Å²) in [6.45, 7) is 0. The maximum absolute atomic E-state index is 8.77. The van der Waals surface area contributed by atoms with E-state index >= 15 is 0 Å². The summed E-state index contributed by atoms with van der Waals surface area (Å²) in [7, 11) is 0. The average molecular weight is 376 g/mol. The molecule has 0 aliphatic heterocycles. The van der Waals surface area contributed by atoms with Crippen LogP contribution in [0, 0.1) is 0 Å². The van der Waals surface area contributed by atoms with E-state index in [1.54, 1.807) is 36.4 Å². The van der Waals surface area contributed by atoms with Gasteiger partial charge in [-0.05, 0) is 34.1 Å². The fourth-order valence-corrected chi connectivity index (χ4v) is 2.35. The van der Waals surface area contributed by atoms with Gasteiger partial charge >= 0.3 is 0 Å². The number of nitrogens with two attached hydrogens (primary N) is 1. The molecule has 0 saturated carbocycles. The van der Waals surface area contributed by atoms with Crippen LogP contribution >= 0.6 is 39.1 Å². The molecule has 0 amide bonds. The van der Waals surface area contributed by atoms with E-state index in [0.717, 1.165) is 0 Å². The SMILES string of the molecule is N/C(=N/O)c1ccccc1Oc1cc(Cl)c(Br)cc1Cl. The van der Waals surface area contributed by atoms with Crippen molar-refractivity contribution in [1.82, 2.24) is 0 Å². The minimum Gasteiger partial charge on any atom is -0.455 e. The van der Waals surface area contributed by atoms with Gasteiger partial charge in [0.2, 0.25) is 0 Å². The van der Waals surface area contributed by atoms with Crippen molar-refractivity contribution in [2.45, 2.75) is 0 Å². The highest BCUT2D eigenvalue weighted by Crippen LogP contribution is 2.37. The lowest BCUT2D eigenvalue weighted by Crippen LogP contribution is -2.14. The molecular formula is C13H9BrCl2N2O2. The quantitative estimate of drug-likeness (QED) is 0.270. The number of benzene rings is 2. The van der Waals surface area contributed by atoms with Crippen LogP contribution in [0.3, 0.4) is 0 Å². The second-order valence-corrected chi connectivity index (χ2v) is 5.45. The summed E-state index contributed by atoms with van der Waals surface area (Å²) >= 11 is 15.4. The molecule has 2 aromatic carbocycles. The van der Waals surface area contributed by atoms with E-state index in [1.165, 1.54) is 0 Å². The van der Waals surface area contributed by atoms with Gasteiger partial charge in [0, 0.05) is 10.5 Å². The Morgan fingerprint density at radius 3 is 2.55 bits per heavy atom. The molecule has 0 aromatic heterocycles. The van der Waals surface area contributed by atoms with Gasteiger partial charge in [-0.1, -0.05) is 40.5 Å². The smallest absolute Gasteiger partial charge is 0.173 e. The van der Waals surface area contributed by atoms with Crippen LogP contribution in [-0.2, 0) is 0 Å². The summed E-state index contributed by atoms with van der Waals surface area (Å²) < 4.78 is 6.36. The lowest BCUT2D eigenvalue weighted by atomic mass is 10.2. The van der Waals surface area contributed by atoms with Gasteiger partial charge in [0.05, 0.1) is 15.6 Å². The third-order valence-electron chi connectivity index (χ3n) is 2.47. The standard InChI is InChI=1S/C13H9BrCl2N2O2/c14-8-5-10(16)12(6-9(8)15)20-11-4-2-1-3-7(11)13(17)18-19/h1-6,19H,(H2,17,18). The van der Waals surface area contributed by atoms with Gasteiger partial charge in [-0.3, -0.25) is 0 Å². The van der Waals surface area contributed by atoms with Crippen molar-refractivity contribution in [3.05, 3.63) is 56.5 Å². The zero-order valence-electron chi connectivity index (χ0n) is 9.98. The summed E-state index contributed by atoms with van der Waals surface area (Å²) in [5.41, 5.74) is 6.04. The van der Waals surface area contributed by atoms with Crippen LogP contribution in [0.2, 0.25) is 10.0 Å². The van der Waals surface area contributed by atoms with E-state index in [9.17, 15) is 0 Å². The van der Waals surface area contributed by atoms with Crippen LogP contribution in [-0.4, -0.2) is 11.0 Å². The van der Waals surface area contributed by atoms with Crippen molar-refractivity contribution in [3.8, 4) is 11.5 Å². The van der Waals surface area contributed by atoms with Crippen LogP contribution in [0.25, 0.3) is 0 Å². The van der Waals surface area contributed by atoms with E-state index in [4.69, 9.17) is 38.9 Å². The monoisotopic (exact) mass is 374 g/mol. The number of rotatable bonds is 3. The first-order valence-electron chi connectivity index (χ1n) is 5.42. The van der Waals surface area contributed by atoms with E-state index in [2.05, 4.69) is 21.1 Å². The highest BCUT2D eigenvalue weighted by atomic mass is 79.9. The van der Waals surface area contributed by atoms with E-state index in [-0.39, 0.29) is 5.84 Å². The van der Waals surface area contributed by atoms with Crippen LogP contribution in [0.15, 0.2) is 46.0 Å². The molecule has 104 valence electrons.